The number of hydrogen-bond donors (Lipinski definition) is 0. The van der Waals surface area contributed by atoms with E-state index in [-0.39, 0.29) is 0 Å². The predicted molar refractivity (Wildman–Crippen MR) is 70.0 cm³/mol. The van der Waals surface area contributed by atoms with Crippen LogP contribution in [0.1, 0.15) is 20.6 Å². The number of aromatic nitrogens is 2. The van der Waals surface area contributed by atoms with E-state index in [1.807, 2.05) is 32.0 Å². The van der Waals surface area contributed by atoms with Gasteiger partial charge in [-0.1, -0.05) is 0 Å². The van der Waals surface area contributed by atoms with E-state index >= 15 is 0 Å². The Kier molecular flexibility index (Phi) is 2.48. The molecule has 0 aliphatic rings. The molecule has 0 saturated carbocycles. The lowest BCUT2D eigenvalue weighted by Crippen LogP contribution is -1.82. The summed E-state index contributed by atoms with van der Waals surface area (Å²) >= 11 is 1.40. The molecule has 0 aliphatic heterocycles. The van der Waals surface area contributed by atoms with Crippen molar-refractivity contribution in [3.05, 3.63) is 34.0 Å². The molecule has 90 valence electrons. The van der Waals surface area contributed by atoms with Crippen LogP contribution in [0, 0.1) is 13.8 Å². The second kappa shape index (κ2) is 4.03. The Hall–Kier alpha value is -2.01. The summed E-state index contributed by atoms with van der Waals surface area (Å²) < 4.78 is 5.43. The molecule has 5 heteroatoms. The zero-order valence-electron chi connectivity index (χ0n) is 9.93. The number of hydrogen-bond acceptors (Lipinski definition) is 5. The molecule has 0 bridgehead atoms. The second-order valence-corrected chi connectivity index (χ2v) is 5.22. The van der Waals surface area contributed by atoms with E-state index in [9.17, 15) is 4.79 Å². The number of nitrogens with zero attached hydrogens (tertiary/aromatic N) is 2. The van der Waals surface area contributed by atoms with Crippen molar-refractivity contribution < 1.29 is 9.21 Å². The van der Waals surface area contributed by atoms with Crippen LogP contribution in [0.25, 0.3) is 22.4 Å². The van der Waals surface area contributed by atoms with Crippen molar-refractivity contribution in [3.8, 4) is 11.3 Å². The summed E-state index contributed by atoms with van der Waals surface area (Å²) in [6.07, 6.45) is 0.778. The van der Waals surface area contributed by atoms with Crippen LogP contribution in [0.15, 0.2) is 22.6 Å². The quantitative estimate of drug-likeness (QED) is 0.661. The Labute approximate surface area is 107 Å². The van der Waals surface area contributed by atoms with Gasteiger partial charge in [-0.25, -0.2) is 9.97 Å². The maximum Gasteiger partial charge on any atom is 0.192 e. The maximum absolute atomic E-state index is 10.7. The number of oxazole rings is 1. The molecule has 1 aromatic carbocycles. The first-order valence-corrected chi connectivity index (χ1v) is 6.29. The van der Waals surface area contributed by atoms with Crippen LogP contribution in [-0.4, -0.2) is 16.3 Å². The van der Waals surface area contributed by atoms with Gasteiger partial charge in [0.2, 0.25) is 0 Å². The summed E-state index contributed by atoms with van der Waals surface area (Å²) in [7, 11) is 0. The number of carbonyl (C=O) groups is 1. The zero-order valence-corrected chi connectivity index (χ0v) is 10.7. The van der Waals surface area contributed by atoms with Gasteiger partial charge in [-0.3, -0.25) is 4.79 Å². The number of thiazole rings is 1. The van der Waals surface area contributed by atoms with Crippen molar-refractivity contribution in [1.82, 2.24) is 9.97 Å². The van der Waals surface area contributed by atoms with Crippen molar-refractivity contribution in [1.29, 1.82) is 0 Å². The average molecular weight is 258 g/mol. The number of benzene rings is 1. The summed E-state index contributed by atoms with van der Waals surface area (Å²) in [5, 5.41) is 0.499. The Morgan fingerprint density at radius 3 is 2.83 bits per heavy atom. The molecular formula is C13H10N2O2S. The molecule has 0 radical (unpaired) electrons. The van der Waals surface area contributed by atoms with Crippen LogP contribution in [0.3, 0.4) is 0 Å². The van der Waals surface area contributed by atoms with Crippen molar-refractivity contribution in [2.45, 2.75) is 13.8 Å². The standard InChI is InChI=1S/C13H10N2O2S/c1-7-13(15-12(6-16)18-7)9-3-4-11-10(5-9)14-8(2)17-11/h3-6H,1-2H3. The number of aldehydes is 1. The van der Waals surface area contributed by atoms with Gasteiger partial charge >= 0.3 is 0 Å². The average Bonchev–Trinajstić information content (AvgIpc) is 2.89. The smallest absolute Gasteiger partial charge is 0.192 e. The van der Waals surface area contributed by atoms with Gasteiger partial charge in [0.1, 0.15) is 5.52 Å². The van der Waals surface area contributed by atoms with Crippen LogP contribution in [0.4, 0.5) is 0 Å². The lowest BCUT2D eigenvalue weighted by Gasteiger charge is -1.97. The first kappa shape index (κ1) is 11.1. The Bertz CT molecular complexity index is 743. The molecule has 0 spiro atoms. The lowest BCUT2D eigenvalue weighted by atomic mass is 10.1. The van der Waals surface area contributed by atoms with Gasteiger partial charge in [0, 0.05) is 17.4 Å². The van der Waals surface area contributed by atoms with Crippen LogP contribution < -0.4 is 0 Å². The molecular weight excluding hydrogens is 248 g/mol. The Balaban J connectivity index is 2.17. The predicted octanol–water partition coefficient (Wildman–Crippen LogP) is 3.38. The van der Waals surface area contributed by atoms with Gasteiger partial charge in [0.05, 0.1) is 5.69 Å². The highest BCUT2D eigenvalue weighted by atomic mass is 32.1. The van der Waals surface area contributed by atoms with Gasteiger partial charge in [0.25, 0.3) is 0 Å². The molecule has 18 heavy (non-hydrogen) atoms. The van der Waals surface area contributed by atoms with Crippen molar-refractivity contribution >= 4 is 28.7 Å². The van der Waals surface area contributed by atoms with Gasteiger partial charge < -0.3 is 4.42 Å². The van der Waals surface area contributed by atoms with Crippen LogP contribution in [0.2, 0.25) is 0 Å². The van der Waals surface area contributed by atoms with Gasteiger partial charge in [0.15, 0.2) is 22.8 Å². The number of aryl methyl sites for hydroxylation is 2. The van der Waals surface area contributed by atoms with Crippen molar-refractivity contribution in [2.24, 2.45) is 0 Å². The van der Waals surface area contributed by atoms with Crippen molar-refractivity contribution in [3.63, 3.8) is 0 Å². The minimum Gasteiger partial charge on any atom is -0.441 e. The number of rotatable bonds is 2. The largest absolute Gasteiger partial charge is 0.441 e. The normalized spacial score (nSPS) is 11.0. The fourth-order valence-corrected chi connectivity index (χ4v) is 2.68. The third-order valence-electron chi connectivity index (χ3n) is 2.68. The maximum atomic E-state index is 10.7. The first-order chi connectivity index (χ1) is 8.67. The monoisotopic (exact) mass is 258 g/mol. The fraction of sp³-hybridized carbons (Fsp3) is 0.154. The van der Waals surface area contributed by atoms with Gasteiger partial charge in [-0.05, 0) is 25.1 Å². The molecule has 3 aromatic rings. The third-order valence-corrected chi connectivity index (χ3v) is 3.58. The summed E-state index contributed by atoms with van der Waals surface area (Å²) in [4.78, 5) is 20.4. The first-order valence-electron chi connectivity index (χ1n) is 5.47. The Morgan fingerprint density at radius 2 is 2.11 bits per heavy atom. The van der Waals surface area contributed by atoms with E-state index in [0.717, 1.165) is 33.5 Å². The van der Waals surface area contributed by atoms with E-state index in [1.165, 1.54) is 11.3 Å². The highest BCUT2D eigenvalue weighted by Gasteiger charge is 2.11. The van der Waals surface area contributed by atoms with E-state index < -0.39 is 0 Å². The third kappa shape index (κ3) is 1.73. The Morgan fingerprint density at radius 1 is 1.28 bits per heavy atom. The number of carbonyl (C=O) groups excluding carboxylic acids is 1. The van der Waals surface area contributed by atoms with Crippen LogP contribution in [0.5, 0.6) is 0 Å². The summed E-state index contributed by atoms with van der Waals surface area (Å²) in [5.74, 6) is 0.644. The van der Waals surface area contributed by atoms with E-state index in [2.05, 4.69) is 9.97 Å². The van der Waals surface area contributed by atoms with Gasteiger partial charge in [-0.2, -0.15) is 0 Å². The zero-order chi connectivity index (χ0) is 12.7. The van der Waals surface area contributed by atoms with E-state index in [4.69, 9.17) is 4.42 Å². The molecule has 0 aliphatic carbocycles. The molecule has 3 rings (SSSR count). The molecule has 4 nitrogen and oxygen atoms in total. The van der Waals surface area contributed by atoms with Gasteiger partial charge in [-0.15, -0.1) is 11.3 Å². The minimum atomic E-state index is 0.499. The van der Waals surface area contributed by atoms with Crippen LogP contribution >= 0.6 is 11.3 Å². The molecule has 0 N–H and O–H groups in total. The molecule has 2 heterocycles. The van der Waals surface area contributed by atoms with Crippen molar-refractivity contribution in [2.75, 3.05) is 0 Å². The molecule has 0 fully saturated rings. The summed E-state index contributed by atoms with van der Waals surface area (Å²) in [6, 6.07) is 5.75. The second-order valence-electron chi connectivity index (χ2n) is 3.99. The summed E-state index contributed by atoms with van der Waals surface area (Å²) in [5.41, 5.74) is 3.37. The van der Waals surface area contributed by atoms with E-state index in [0.29, 0.717) is 10.9 Å². The SMILES string of the molecule is Cc1nc2cc(-c3nc(C=O)sc3C)ccc2o1. The summed E-state index contributed by atoms with van der Waals surface area (Å²) in [6.45, 7) is 3.77. The lowest BCUT2D eigenvalue weighted by molar-refractivity contribution is 0.112. The highest BCUT2D eigenvalue weighted by molar-refractivity contribution is 7.13. The molecule has 0 unspecified atom stereocenters. The topological polar surface area (TPSA) is 56.0 Å². The molecule has 0 saturated heterocycles. The molecule has 0 amide bonds. The van der Waals surface area contributed by atoms with E-state index in [1.54, 1.807) is 0 Å². The number of fused-ring (bicyclic) bond motifs is 1. The molecule has 2 aromatic heterocycles. The van der Waals surface area contributed by atoms with Crippen LogP contribution in [-0.2, 0) is 0 Å². The minimum absolute atomic E-state index is 0.499. The molecule has 0 atom stereocenters. The highest BCUT2D eigenvalue weighted by Crippen LogP contribution is 2.29. The fourth-order valence-electron chi connectivity index (χ4n) is 1.93.